The third-order valence-corrected chi connectivity index (χ3v) is 4.14. The predicted molar refractivity (Wildman–Crippen MR) is 82.7 cm³/mol. The summed E-state index contributed by atoms with van der Waals surface area (Å²) in [6, 6.07) is 9.54. The van der Waals surface area contributed by atoms with Crippen molar-refractivity contribution >= 4 is 11.9 Å². The summed E-state index contributed by atoms with van der Waals surface area (Å²) in [5, 5.41) is 8.98. The molecule has 1 heterocycles. The van der Waals surface area contributed by atoms with E-state index in [1.807, 2.05) is 37.3 Å². The molecule has 1 aliphatic heterocycles. The van der Waals surface area contributed by atoms with E-state index >= 15 is 0 Å². The molecule has 1 aromatic rings. The Balaban J connectivity index is 1.72. The number of carboxylic acid groups (broad SMARTS) is 1. The zero-order chi connectivity index (χ0) is 15.9. The Morgan fingerprint density at radius 3 is 2.50 bits per heavy atom. The van der Waals surface area contributed by atoms with Gasteiger partial charge in [-0.25, -0.2) is 0 Å². The zero-order valence-corrected chi connectivity index (χ0v) is 12.9. The quantitative estimate of drug-likeness (QED) is 0.876. The van der Waals surface area contributed by atoms with Gasteiger partial charge in [-0.15, -0.1) is 0 Å². The molecule has 0 spiro atoms. The molecule has 1 atom stereocenters. The van der Waals surface area contributed by atoms with Crippen molar-refractivity contribution in [2.24, 2.45) is 11.8 Å². The minimum atomic E-state index is -0.753. The maximum absolute atomic E-state index is 12.3. The highest BCUT2D eigenvalue weighted by Gasteiger charge is 2.28. The normalized spacial score (nSPS) is 17.0. The van der Waals surface area contributed by atoms with Crippen LogP contribution in [0.25, 0.3) is 0 Å². The molecular weight excluding hydrogens is 282 g/mol. The molecule has 120 valence electrons. The molecule has 5 nitrogen and oxygen atoms in total. The Hall–Kier alpha value is -2.04. The maximum atomic E-state index is 12.3. The van der Waals surface area contributed by atoms with E-state index in [4.69, 9.17) is 9.84 Å². The first kappa shape index (κ1) is 16.3. The van der Waals surface area contributed by atoms with Crippen molar-refractivity contribution in [2.45, 2.75) is 26.2 Å². The van der Waals surface area contributed by atoms with Crippen LogP contribution in [-0.4, -0.2) is 41.6 Å². The molecule has 2 rings (SSSR count). The average Bonchev–Trinajstić information content (AvgIpc) is 2.55. The van der Waals surface area contributed by atoms with Crippen LogP contribution in [0, 0.1) is 11.8 Å². The molecule has 0 saturated carbocycles. The number of para-hydroxylation sites is 1. The van der Waals surface area contributed by atoms with Gasteiger partial charge in [0.2, 0.25) is 5.91 Å². The number of hydrogen-bond acceptors (Lipinski definition) is 3. The maximum Gasteiger partial charge on any atom is 0.306 e. The third-order valence-electron chi connectivity index (χ3n) is 4.14. The molecule has 1 fully saturated rings. The second-order valence-corrected chi connectivity index (χ2v) is 5.79. The van der Waals surface area contributed by atoms with E-state index in [1.165, 1.54) is 0 Å². The van der Waals surface area contributed by atoms with Gasteiger partial charge in [-0.3, -0.25) is 9.59 Å². The van der Waals surface area contributed by atoms with E-state index in [-0.39, 0.29) is 17.7 Å². The fourth-order valence-corrected chi connectivity index (χ4v) is 2.65. The molecule has 1 saturated heterocycles. The number of likely N-dealkylation sites (tertiary alicyclic amines) is 1. The van der Waals surface area contributed by atoms with Crippen LogP contribution in [0.3, 0.4) is 0 Å². The predicted octanol–water partition coefficient (Wildman–Crippen LogP) is 2.41. The lowest BCUT2D eigenvalue weighted by Gasteiger charge is -2.32. The highest BCUT2D eigenvalue weighted by molar-refractivity contribution is 5.79. The van der Waals surface area contributed by atoms with Crippen LogP contribution in [0.2, 0.25) is 0 Å². The summed E-state index contributed by atoms with van der Waals surface area (Å²) in [6.07, 6.45) is 1.76. The first-order chi connectivity index (χ1) is 10.6. The standard InChI is InChI=1S/C17H23NO4/c1-13(9-12-22-15-5-3-2-4-6-15)16(19)18-10-7-14(8-11-18)17(20)21/h2-6,13-14H,7-12H2,1H3,(H,20,21). The topological polar surface area (TPSA) is 66.8 Å². The number of rotatable bonds is 6. The summed E-state index contributed by atoms with van der Waals surface area (Å²) in [7, 11) is 0. The molecule has 0 aromatic heterocycles. The number of piperidine rings is 1. The molecule has 1 unspecified atom stereocenters. The first-order valence-corrected chi connectivity index (χ1v) is 7.77. The zero-order valence-electron chi connectivity index (χ0n) is 12.9. The molecule has 0 bridgehead atoms. The van der Waals surface area contributed by atoms with Gasteiger partial charge >= 0.3 is 5.97 Å². The van der Waals surface area contributed by atoms with E-state index in [1.54, 1.807) is 4.90 Å². The molecule has 1 aliphatic rings. The molecular formula is C17H23NO4. The van der Waals surface area contributed by atoms with Gasteiger partial charge in [-0.2, -0.15) is 0 Å². The summed E-state index contributed by atoms with van der Waals surface area (Å²) in [6.45, 7) is 3.49. The molecule has 1 aromatic carbocycles. The third kappa shape index (κ3) is 4.48. The van der Waals surface area contributed by atoms with Crippen molar-refractivity contribution in [3.05, 3.63) is 30.3 Å². The average molecular weight is 305 g/mol. The van der Waals surface area contributed by atoms with Crippen LogP contribution in [0.15, 0.2) is 30.3 Å². The van der Waals surface area contributed by atoms with Crippen molar-refractivity contribution in [2.75, 3.05) is 19.7 Å². The number of nitrogens with zero attached hydrogens (tertiary/aromatic N) is 1. The van der Waals surface area contributed by atoms with Crippen molar-refractivity contribution < 1.29 is 19.4 Å². The van der Waals surface area contributed by atoms with Crippen molar-refractivity contribution in [3.8, 4) is 5.75 Å². The monoisotopic (exact) mass is 305 g/mol. The van der Waals surface area contributed by atoms with Gasteiger partial charge in [-0.1, -0.05) is 25.1 Å². The Morgan fingerprint density at radius 2 is 1.91 bits per heavy atom. The van der Waals surface area contributed by atoms with Crippen LogP contribution in [-0.2, 0) is 9.59 Å². The molecule has 5 heteroatoms. The van der Waals surface area contributed by atoms with Crippen molar-refractivity contribution in [1.82, 2.24) is 4.90 Å². The summed E-state index contributed by atoms with van der Waals surface area (Å²) in [5.41, 5.74) is 0. The van der Waals surface area contributed by atoms with Crippen LogP contribution in [0.4, 0.5) is 0 Å². The van der Waals surface area contributed by atoms with E-state index in [0.717, 1.165) is 5.75 Å². The molecule has 1 amide bonds. The first-order valence-electron chi connectivity index (χ1n) is 7.77. The van der Waals surface area contributed by atoms with Crippen molar-refractivity contribution in [3.63, 3.8) is 0 Å². The van der Waals surface area contributed by atoms with Gasteiger partial charge in [0.05, 0.1) is 12.5 Å². The largest absolute Gasteiger partial charge is 0.494 e. The van der Waals surface area contributed by atoms with Gasteiger partial charge < -0.3 is 14.7 Å². The lowest BCUT2D eigenvalue weighted by atomic mass is 9.95. The van der Waals surface area contributed by atoms with Crippen LogP contribution in [0.1, 0.15) is 26.2 Å². The van der Waals surface area contributed by atoms with Gasteiger partial charge in [-0.05, 0) is 31.4 Å². The van der Waals surface area contributed by atoms with Gasteiger partial charge in [0, 0.05) is 19.0 Å². The number of aliphatic carboxylic acids is 1. The van der Waals surface area contributed by atoms with Crippen LogP contribution in [0.5, 0.6) is 5.75 Å². The number of ether oxygens (including phenoxy) is 1. The number of amides is 1. The van der Waals surface area contributed by atoms with Gasteiger partial charge in [0.25, 0.3) is 0 Å². The molecule has 0 radical (unpaired) electrons. The minimum absolute atomic E-state index is 0.0977. The number of carbonyl (C=O) groups is 2. The fourth-order valence-electron chi connectivity index (χ4n) is 2.65. The highest BCUT2D eigenvalue weighted by Crippen LogP contribution is 2.20. The summed E-state index contributed by atoms with van der Waals surface area (Å²) >= 11 is 0. The van der Waals surface area contributed by atoms with E-state index in [0.29, 0.717) is 39.0 Å². The Morgan fingerprint density at radius 1 is 1.27 bits per heavy atom. The fraction of sp³-hybridized carbons (Fsp3) is 0.529. The van der Waals surface area contributed by atoms with Gasteiger partial charge in [0.15, 0.2) is 0 Å². The summed E-state index contributed by atoms with van der Waals surface area (Å²) < 4.78 is 5.61. The molecule has 0 aliphatic carbocycles. The smallest absolute Gasteiger partial charge is 0.306 e. The lowest BCUT2D eigenvalue weighted by Crippen LogP contribution is -2.42. The van der Waals surface area contributed by atoms with Gasteiger partial charge in [0.1, 0.15) is 5.75 Å². The Kier molecular flexibility index (Phi) is 5.81. The number of hydrogen-bond donors (Lipinski definition) is 1. The van der Waals surface area contributed by atoms with Crippen LogP contribution < -0.4 is 4.74 Å². The number of benzene rings is 1. The minimum Gasteiger partial charge on any atom is -0.494 e. The summed E-state index contributed by atoms with van der Waals surface area (Å²) in [5.74, 6) is -0.257. The number of carboxylic acids is 1. The lowest BCUT2D eigenvalue weighted by molar-refractivity contribution is -0.146. The molecule has 1 N–H and O–H groups in total. The Bertz CT molecular complexity index is 495. The second-order valence-electron chi connectivity index (χ2n) is 5.79. The van der Waals surface area contributed by atoms with E-state index < -0.39 is 5.97 Å². The van der Waals surface area contributed by atoms with E-state index in [2.05, 4.69) is 0 Å². The van der Waals surface area contributed by atoms with Crippen molar-refractivity contribution in [1.29, 1.82) is 0 Å². The summed E-state index contributed by atoms with van der Waals surface area (Å²) in [4.78, 5) is 25.0. The second kappa shape index (κ2) is 7.82. The number of carbonyl (C=O) groups excluding carboxylic acids is 1. The molecule has 22 heavy (non-hydrogen) atoms. The van der Waals surface area contributed by atoms with E-state index in [9.17, 15) is 9.59 Å². The van der Waals surface area contributed by atoms with Crippen LogP contribution >= 0.6 is 0 Å². The SMILES string of the molecule is CC(CCOc1ccccc1)C(=O)N1CCC(C(=O)O)CC1. The Labute approximate surface area is 130 Å². The highest BCUT2D eigenvalue weighted by atomic mass is 16.5.